The third-order valence-electron chi connectivity index (χ3n) is 9.52. The number of ether oxygens (including phenoxy) is 1. The Morgan fingerprint density at radius 3 is 1.18 bits per heavy atom. The Hall–Kier alpha value is -4.08. The average molecular weight is 882 g/mol. The molecule has 0 saturated heterocycles. The smallest absolute Gasteiger partial charge is 0.395 e. The minimum atomic E-state index is -4.87. The van der Waals surface area contributed by atoms with Gasteiger partial charge in [-0.15, -0.1) is 0 Å². The Balaban J connectivity index is 0.000000209. The molecule has 15 heteroatoms. The predicted molar refractivity (Wildman–Crippen MR) is 195 cm³/mol. The van der Waals surface area contributed by atoms with Crippen molar-refractivity contribution in [3.05, 3.63) is 166 Å². The molecule has 2 saturated carbocycles. The first-order valence-electron chi connectivity index (χ1n) is 17.2. The lowest BCUT2D eigenvalue weighted by molar-refractivity contribution is -0.144. The zero-order valence-electron chi connectivity index (χ0n) is 30.1. The number of hydrogen-bond acceptors (Lipinski definition) is 2. The van der Waals surface area contributed by atoms with Crippen LogP contribution >= 0.6 is 15.9 Å². The maximum atomic E-state index is 13.0. The van der Waals surface area contributed by atoms with Crippen LogP contribution in [0.2, 0.25) is 0 Å². The number of halogens is 13. The topological polar surface area (TPSA) is 29.5 Å². The van der Waals surface area contributed by atoms with Gasteiger partial charge in [-0.05, 0) is 84.3 Å². The molecule has 308 valence electrons. The van der Waals surface area contributed by atoms with Crippen molar-refractivity contribution >= 4 is 15.9 Å². The lowest BCUT2D eigenvalue weighted by Gasteiger charge is -2.44. The minimum Gasteiger partial charge on any atom is -0.395 e. The van der Waals surface area contributed by atoms with E-state index in [1.54, 1.807) is 0 Å². The number of alkyl halides is 13. The molecule has 0 radical (unpaired) electrons. The van der Waals surface area contributed by atoms with Crippen molar-refractivity contribution in [1.29, 1.82) is 0 Å². The van der Waals surface area contributed by atoms with Gasteiger partial charge in [0, 0.05) is 16.2 Å². The highest BCUT2D eigenvalue weighted by Gasteiger charge is 2.43. The normalized spacial score (nSPS) is 16.3. The summed E-state index contributed by atoms with van der Waals surface area (Å²) in [6, 6.07) is 22.7. The van der Waals surface area contributed by atoms with Crippen LogP contribution in [-0.2, 0) is 52.2 Å². The summed E-state index contributed by atoms with van der Waals surface area (Å²) in [6.07, 6.45) is -16.1. The summed E-state index contributed by atoms with van der Waals surface area (Å²) in [5.41, 5.74) is -1.31. The van der Waals surface area contributed by atoms with Crippen molar-refractivity contribution in [2.75, 3.05) is 13.2 Å². The molecule has 0 aliphatic heterocycles. The quantitative estimate of drug-likeness (QED) is 0.109. The van der Waals surface area contributed by atoms with E-state index in [4.69, 9.17) is 4.74 Å². The molecule has 6 rings (SSSR count). The third kappa shape index (κ3) is 12.0. The second-order valence-electron chi connectivity index (χ2n) is 14.1. The van der Waals surface area contributed by atoms with E-state index >= 15 is 0 Å². The Morgan fingerprint density at radius 2 is 0.860 bits per heavy atom. The maximum Gasteiger partial charge on any atom is 0.416 e. The van der Waals surface area contributed by atoms with Gasteiger partial charge < -0.3 is 9.84 Å². The number of aliphatic hydroxyl groups is 1. The van der Waals surface area contributed by atoms with Gasteiger partial charge in [0.15, 0.2) is 0 Å². The second kappa shape index (κ2) is 17.8. The number of benzene rings is 4. The van der Waals surface area contributed by atoms with Crippen LogP contribution in [0.4, 0.5) is 52.7 Å². The van der Waals surface area contributed by atoms with Gasteiger partial charge in [0.05, 0.1) is 42.1 Å². The molecule has 0 aromatic heterocycles. The first kappa shape index (κ1) is 45.6. The molecule has 0 bridgehead atoms. The van der Waals surface area contributed by atoms with Crippen LogP contribution in [-0.4, -0.2) is 18.3 Å². The first-order chi connectivity index (χ1) is 26.4. The van der Waals surface area contributed by atoms with E-state index < -0.39 is 47.0 Å². The van der Waals surface area contributed by atoms with E-state index in [-0.39, 0.29) is 59.2 Å². The largest absolute Gasteiger partial charge is 0.416 e. The second-order valence-corrected chi connectivity index (χ2v) is 14.7. The van der Waals surface area contributed by atoms with Gasteiger partial charge in [0.25, 0.3) is 0 Å². The third-order valence-corrected chi connectivity index (χ3v) is 10.2. The van der Waals surface area contributed by atoms with E-state index in [2.05, 4.69) is 41.2 Å². The Bertz CT molecular complexity index is 1900. The summed E-state index contributed by atoms with van der Waals surface area (Å²) in [4.78, 5) is 0. The van der Waals surface area contributed by atoms with E-state index in [9.17, 15) is 57.8 Å². The standard InChI is InChI=1S/C21H18F6O.C12H14O.C9H5BrF6/c1-14-10-19(11-14,16-5-3-2-4-6-16)13-28-12-15-7-17(20(22,23)24)9-18(8-15)21(25,26)27;1-10-7-12(8-10,9-13)11-5-3-2-4-6-11;10-4-5-1-6(8(11,12)13)3-7(2-5)9(14,15)16/h2-9H,1,10-13H2;2-6,13H,1,7-9H2;1-3H,4H2. The van der Waals surface area contributed by atoms with Crippen LogP contribution in [0.25, 0.3) is 0 Å². The predicted octanol–water partition coefficient (Wildman–Crippen LogP) is 13.4. The summed E-state index contributed by atoms with van der Waals surface area (Å²) in [5, 5.41) is 9.30. The molecule has 2 aliphatic carbocycles. The molecular formula is C42H37BrF12O2. The van der Waals surface area contributed by atoms with E-state index in [1.165, 1.54) is 11.1 Å². The zero-order chi connectivity index (χ0) is 42.5. The Kier molecular flexibility index (Phi) is 14.3. The first-order valence-corrected chi connectivity index (χ1v) is 18.3. The molecule has 57 heavy (non-hydrogen) atoms. The average Bonchev–Trinajstić information content (AvgIpc) is 3.12. The van der Waals surface area contributed by atoms with Crippen molar-refractivity contribution in [2.24, 2.45) is 0 Å². The summed E-state index contributed by atoms with van der Waals surface area (Å²) in [7, 11) is 0. The highest BCUT2D eigenvalue weighted by molar-refractivity contribution is 9.08. The van der Waals surface area contributed by atoms with E-state index in [0.29, 0.717) is 37.1 Å². The molecule has 2 fully saturated rings. The van der Waals surface area contributed by atoms with Crippen LogP contribution < -0.4 is 0 Å². The van der Waals surface area contributed by atoms with Crippen LogP contribution in [0.5, 0.6) is 0 Å². The molecule has 0 amide bonds. The SMILES string of the molecule is C=C1CC(CO)(c2ccccc2)C1.C=C1CC(COCc2cc(C(F)(F)F)cc(C(F)(F)F)c2)(c2ccccc2)C1.FC(F)(F)c1cc(CBr)cc(C(F)(F)F)c1. The molecule has 4 aromatic rings. The molecular weight excluding hydrogens is 844 g/mol. The molecule has 4 aromatic carbocycles. The van der Waals surface area contributed by atoms with Crippen molar-refractivity contribution in [3.63, 3.8) is 0 Å². The molecule has 0 heterocycles. The Labute approximate surface area is 330 Å². The van der Waals surface area contributed by atoms with E-state index in [1.807, 2.05) is 48.5 Å². The van der Waals surface area contributed by atoms with Gasteiger partial charge in [-0.2, -0.15) is 52.7 Å². The molecule has 1 N–H and O–H groups in total. The maximum absolute atomic E-state index is 13.0. The van der Waals surface area contributed by atoms with Crippen molar-refractivity contribution in [1.82, 2.24) is 0 Å². The Morgan fingerprint density at radius 1 is 0.526 bits per heavy atom. The summed E-state index contributed by atoms with van der Waals surface area (Å²) >= 11 is 2.82. The van der Waals surface area contributed by atoms with Gasteiger partial charge in [0.1, 0.15) is 0 Å². The number of hydrogen-bond donors (Lipinski definition) is 1. The van der Waals surface area contributed by atoms with Crippen molar-refractivity contribution < 1.29 is 62.5 Å². The van der Waals surface area contributed by atoms with Crippen LogP contribution in [0.1, 0.15) is 70.2 Å². The summed E-state index contributed by atoms with van der Waals surface area (Å²) < 4.78 is 157. The van der Waals surface area contributed by atoms with Gasteiger partial charge in [-0.1, -0.05) is 101 Å². The van der Waals surface area contributed by atoms with Gasteiger partial charge >= 0.3 is 24.7 Å². The fraction of sp³-hybridized carbons (Fsp3) is 0.333. The van der Waals surface area contributed by atoms with Crippen LogP contribution in [0.3, 0.4) is 0 Å². The fourth-order valence-electron chi connectivity index (χ4n) is 6.75. The molecule has 0 atom stereocenters. The fourth-order valence-corrected chi connectivity index (χ4v) is 7.08. The lowest BCUT2D eigenvalue weighted by Crippen LogP contribution is -2.40. The molecule has 2 nitrogen and oxygen atoms in total. The van der Waals surface area contributed by atoms with Crippen molar-refractivity contribution in [2.45, 2.75) is 73.2 Å². The molecule has 2 aliphatic rings. The summed E-state index contributed by atoms with van der Waals surface area (Å²) in [5.74, 6) is 0. The lowest BCUT2D eigenvalue weighted by atomic mass is 9.62. The van der Waals surface area contributed by atoms with E-state index in [0.717, 1.165) is 24.0 Å². The molecule has 0 unspecified atom stereocenters. The van der Waals surface area contributed by atoms with Crippen LogP contribution in [0, 0.1) is 0 Å². The number of aliphatic hydroxyl groups excluding tert-OH is 1. The van der Waals surface area contributed by atoms with Gasteiger partial charge in [0.2, 0.25) is 0 Å². The molecule has 0 spiro atoms. The monoisotopic (exact) mass is 880 g/mol. The highest BCUT2D eigenvalue weighted by Crippen LogP contribution is 2.48. The van der Waals surface area contributed by atoms with Gasteiger partial charge in [-0.3, -0.25) is 0 Å². The van der Waals surface area contributed by atoms with Gasteiger partial charge in [-0.25, -0.2) is 0 Å². The van der Waals surface area contributed by atoms with Crippen LogP contribution in [0.15, 0.2) is 121 Å². The van der Waals surface area contributed by atoms with Crippen molar-refractivity contribution in [3.8, 4) is 0 Å². The number of rotatable bonds is 8. The summed E-state index contributed by atoms with van der Waals surface area (Å²) in [6.45, 7) is 7.92. The highest BCUT2D eigenvalue weighted by atomic mass is 79.9. The minimum absolute atomic E-state index is 0.0155. The number of allylic oxidation sites excluding steroid dienone is 2. The zero-order valence-corrected chi connectivity index (χ0v) is 31.7.